The number of hydrogen-bond donors (Lipinski definition) is 2. The van der Waals surface area contributed by atoms with Crippen molar-refractivity contribution < 1.29 is 14.6 Å². The molecule has 0 aromatic heterocycles. The molecule has 0 saturated carbocycles. The van der Waals surface area contributed by atoms with Gasteiger partial charge in [-0.2, -0.15) is 5.10 Å². The van der Waals surface area contributed by atoms with Crippen LogP contribution in [0.2, 0.25) is 0 Å². The van der Waals surface area contributed by atoms with Gasteiger partial charge < -0.3 is 9.84 Å². The summed E-state index contributed by atoms with van der Waals surface area (Å²) in [5, 5.41) is 13.7. The van der Waals surface area contributed by atoms with E-state index in [0.29, 0.717) is 17.7 Å². The molecule has 0 spiro atoms. The molecule has 0 atom stereocenters. The zero-order valence-electron chi connectivity index (χ0n) is 10.2. The minimum absolute atomic E-state index is 0.142. The van der Waals surface area contributed by atoms with Crippen molar-refractivity contribution in [1.82, 2.24) is 5.43 Å². The van der Waals surface area contributed by atoms with E-state index >= 15 is 0 Å². The third-order valence-corrected chi connectivity index (χ3v) is 2.27. The summed E-state index contributed by atoms with van der Waals surface area (Å²) in [5.41, 5.74) is 4.46. The van der Waals surface area contributed by atoms with E-state index in [9.17, 15) is 9.90 Å². The Kier molecular flexibility index (Phi) is 4.51. The second kappa shape index (κ2) is 5.89. The van der Waals surface area contributed by atoms with Crippen LogP contribution in [0.15, 0.2) is 23.3 Å². The van der Waals surface area contributed by atoms with Crippen LogP contribution >= 0.6 is 0 Å². The number of aromatic hydroxyl groups is 1. The molecule has 5 nitrogen and oxygen atoms in total. The smallest absolute Gasteiger partial charge is 0.427 e. The van der Waals surface area contributed by atoms with Crippen LogP contribution in [0, 0.1) is 6.92 Å². The molecule has 17 heavy (non-hydrogen) atoms. The fourth-order valence-corrected chi connectivity index (χ4v) is 1.37. The second-order valence-electron chi connectivity index (χ2n) is 3.54. The van der Waals surface area contributed by atoms with Gasteiger partial charge >= 0.3 is 6.09 Å². The highest BCUT2D eigenvalue weighted by Gasteiger charge is 2.08. The Morgan fingerprint density at radius 2 is 2.24 bits per heavy atom. The summed E-state index contributed by atoms with van der Waals surface area (Å²) in [6, 6.07) is 5.23. The minimum atomic E-state index is -0.636. The van der Waals surface area contributed by atoms with E-state index in [-0.39, 0.29) is 5.75 Å². The zero-order chi connectivity index (χ0) is 12.8. The zero-order valence-corrected chi connectivity index (χ0v) is 10.2. The van der Waals surface area contributed by atoms with Crippen LogP contribution in [-0.4, -0.2) is 24.0 Å². The third-order valence-electron chi connectivity index (χ3n) is 2.27. The summed E-state index contributed by atoms with van der Waals surface area (Å²) < 4.78 is 4.42. The van der Waals surface area contributed by atoms with Crippen LogP contribution in [0.3, 0.4) is 0 Å². The molecule has 0 fully saturated rings. The van der Waals surface area contributed by atoms with Gasteiger partial charge in [0.25, 0.3) is 0 Å². The first-order valence-corrected chi connectivity index (χ1v) is 5.29. The van der Waals surface area contributed by atoms with Crippen molar-refractivity contribution in [2.75, 3.05) is 7.11 Å². The molecule has 1 amide bonds. The normalized spacial score (nSPS) is 11.1. The van der Waals surface area contributed by atoms with Gasteiger partial charge in [-0.25, -0.2) is 10.2 Å². The molecular formula is C12H16N2O3. The molecular weight excluding hydrogens is 220 g/mol. The number of carbonyl (C=O) groups excluding carboxylic acids is 1. The number of amides is 1. The number of phenolic OH excluding ortho intramolecular Hbond substituents is 1. The lowest BCUT2D eigenvalue weighted by atomic mass is 10.0. The van der Waals surface area contributed by atoms with Crippen molar-refractivity contribution in [2.45, 2.75) is 20.3 Å². The summed E-state index contributed by atoms with van der Waals surface area (Å²) in [4.78, 5) is 10.9. The highest BCUT2D eigenvalue weighted by molar-refractivity contribution is 6.03. The van der Waals surface area contributed by atoms with Gasteiger partial charge in [0.15, 0.2) is 0 Å². The number of methoxy groups -OCH3 is 1. The van der Waals surface area contributed by atoms with Crippen LogP contribution in [0.1, 0.15) is 24.5 Å². The number of carbonyl (C=O) groups is 1. The Balaban J connectivity index is 3.00. The van der Waals surface area contributed by atoms with Gasteiger partial charge in [0.05, 0.1) is 12.8 Å². The minimum Gasteiger partial charge on any atom is -0.507 e. The van der Waals surface area contributed by atoms with Crippen molar-refractivity contribution in [3.63, 3.8) is 0 Å². The van der Waals surface area contributed by atoms with Crippen LogP contribution in [0.4, 0.5) is 4.79 Å². The summed E-state index contributed by atoms with van der Waals surface area (Å²) >= 11 is 0. The van der Waals surface area contributed by atoms with Crippen molar-refractivity contribution in [2.24, 2.45) is 5.10 Å². The predicted octanol–water partition coefficient (Wildman–Crippen LogP) is 2.17. The molecule has 1 aromatic carbocycles. The predicted molar refractivity (Wildman–Crippen MR) is 65.2 cm³/mol. The van der Waals surface area contributed by atoms with Gasteiger partial charge in [0.2, 0.25) is 0 Å². The number of nitrogens with zero attached hydrogens (tertiary/aromatic N) is 1. The molecule has 0 radical (unpaired) electrons. The van der Waals surface area contributed by atoms with Gasteiger partial charge in [-0.1, -0.05) is 18.6 Å². The number of nitrogens with one attached hydrogen (secondary N) is 1. The maximum absolute atomic E-state index is 10.9. The largest absolute Gasteiger partial charge is 0.507 e. The van der Waals surface area contributed by atoms with E-state index < -0.39 is 6.09 Å². The molecule has 1 rings (SSSR count). The van der Waals surface area contributed by atoms with Crippen LogP contribution in [0.5, 0.6) is 5.75 Å². The highest BCUT2D eigenvalue weighted by Crippen LogP contribution is 2.20. The lowest BCUT2D eigenvalue weighted by molar-refractivity contribution is 0.171. The Bertz CT molecular complexity index is 441. The van der Waals surface area contributed by atoms with Crippen LogP contribution in [0.25, 0.3) is 0 Å². The number of aryl methyl sites for hydroxylation is 1. The summed E-state index contributed by atoms with van der Waals surface area (Å²) in [6.07, 6.45) is -0.0517. The molecule has 0 aliphatic carbocycles. The number of hydrazone groups is 1. The Morgan fingerprint density at radius 3 is 2.82 bits per heavy atom. The Morgan fingerprint density at radius 1 is 1.53 bits per heavy atom. The van der Waals surface area contributed by atoms with E-state index in [2.05, 4.69) is 15.3 Å². The lowest BCUT2D eigenvalue weighted by Gasteiger charge is -2.07. The number of rotatable bonds is 3. The summed E-state index contributed by atoms with van der Waals surface area (Å²) in [5.74, 6) is 0.142. The quantitative estimate of drug-likeness (QED) is 0.624. The van der Waals surface area contributed by atoms with Crippen LogP contribution in [-0.2, 0) is 4.74 Å². The molecule has 0 aliphatic heterocycles. The first kappa shape index (κ1) is 13.0. The van der Waals surface area contributed by atoms with Gasteiger partial charge in [-0.3, -0.25) is 0 Å². The molecule has 0 unspecified atom stereocenters. The van der Waals surface area contributed by atoms with Crippen molar-refractivity contribution in [3.05, 3.63) is 29.3 Å². The molecule has 2 N–H and O–H groups in total. The Labute approximate surface area is 100 Å². The molecule has 5 heteroatoms. The van der Waals surface area contributed by atoms with E-state index in [0.717, 1.165) is 5.56 Å². The fraction of sp³-hybridized carbons (Fsp3) is 0.333. The van der Waals surface area contributed by atoms with Crippen LogP contribution < -0.4 is 5.43 Å². The maximum Gasteiger partial charge on any atom is 0.427 e. The van der Waals surface area contributed by atoms with Gasteiger partial charge in [-0.05, 0) is 25.5 Å². The molecule has 92 valence electrons. The standard InChI is InChI=1S/C12H16N2O3/c1-4-10(13-14-12(16)17-3)9-7-8(2)5-6-11(9)15/h5-7,15H,4H2,1-3H3,(H,14,16)/b13-10+. The topological polar surface area (TPSA) is 70.9 Å². The number of ether oxygens (including phenoxy) is 1. The molecule has 0 bridgehead atoms. The summed E-state index contributed by atoms with van der Waals surface area (Å²) in [6.45, 7) is 3.81. The van der Waals surface area contributed by atoms with E-state index in [1.54, 1.807) is 12.1 Å². The SMILES string of the molecule is CC/C(=N\NC(=O)OC)c1cc(C)ccc1O. The van der Waals surface area contributed by atoms with Crippen molar-refractivity contribution in [1.29, 1.82) is 0 Å². The Hall–Kier alpha value is -2.04. The molecule has 0 saturated heterocycles. The highest BCUT2D eigenvalue weighted by atomic mass is 16.5. The summed E-state index contributed by atoms with van der Waals surface area (Å²) in [7, 11) is 1.26. The van der Waals surface area contributed by atoms with Gasteiger partial charge in [-0.15, -0.1) is 0 Å². The van der Waals surface area contributed by atoms with Gasteiger partial charge in [0.1, 0.15) is 5.75 Å². The fourth-order valence-electron chi connectivity index (χ4n) is 1.37. The first-order chi connectivity index (χ1) is 8.08. The molecule has 0 aliphatic rings. The molecule has 0 heterocycles. The van der Waals surface area contributed by atoms with Crippen molar-refractivity contribution in [3.8, 4) is 5.75 Å². The van der Waals surface area contributed by atoms with Crippen molar-refractivity contribution >= 4 is 11.8 Å². The average molecular weight is 236 g/mol. The number of benzene rings is 1. The second-order valence-corrected chi connectivity index (χ2v) is 3.54. The first-order valence-electron chi connectivity index (χ1n) is 5.29. The number of hydrogen-bond acceptors (Lipinski definition) is 4. The molecule has 1 aromatic rings. The van der Waals surface area contributed by atoms with E-state index in [4.69, 9.17) is 0 Å². The van der Waals surface area contributed by atoms with Gasteiger partial charge in [0, 0.05) is 5.56 Å². The maximum atomic E-state index is 10.9. The van der Waals surface area contributed by atoms with E-state index in [1.165, 1.54) is 7.11 Å². The average Bonchev–Trinajstić information content (AvgIpc) is 2.33. The monoisotopic (exact) mass is 236 g/mol. The lowest BCUT2D eigenvalue weighted by Crippen LogP contribution is -2.19. The third kappa shape index (κ3) is 3.48. The number of phenols is 1. The van der Waals surface area contributed by atoms with E-state index in [1.807, 2.05) is 19.9 Å².